The van der Waals surface area contributed by atoms with Crippen molar-refractivity contribution in [2.75, 3.05) is 9.44 Å². The first-order valence-corrected chi connectivity index (χ1v) is 12.0. The molecule has 0 atom stereocenters. The van der Waals surface area contributed by atoms with Gasteiger partial charge in [0.2, 0.25) is 0 Å². The van der Waals surface area contributed by atoms with E-state index in [1.54, 1.807) is 24.3 Å². The number of halogens is 1. The molecule has 156 valence electrons. The summed E-state index contributed by atoms with van der Waals surface area (Å²) < 4.78 is 55.4. The lowest BCUT2D eigenvalue weighted by atomic mass is 10.3. The number of nitrogens with one attached hydrogen (secondary N) is 2. The molecule has 0 aromatic heterocycles. The summed E-state index contributed by atoms with van der Waals surface area (Å²) in [4.78, 5) is 9.79. The minimum Gasteiger partial charge on any atom is -0.280 e. The highest BCUT2D eigenvalue weighted by molar-refractivity contribution is 9.10. The highest BCUT2D eigenvalue weighted by atomic mass is 79.9. The molecule has 0 aliphatic carbocycles. The van der Waals surface area contributed by atoms with E-state index in [0.29, 0.717) is 5.69 Å². The quantitative estimate of drug-likeness (QED) is 0.364. The fourth-order valence-electron chi connectivity index (χ4n) is 2.41. The number of non-ortho nitro benzene ring substituents is 1. The predicted octanol–water partition coefficient (Wildman–Crippen LogP) is 3.96. The van der Waals surface area contributed by atoms with E-state index in [1.807, 2.05) is 0 Å². The molecule has 0 amide bonds. The van der Waals surface area contributed by atoms with Crippen LogP contribution in [0.1, 0.15) is 0 Å². The van der Waals surface area contributed by atoms with E-state index < -0.39 is 25.0 Å². The molecule has 0 radical (unpaired) electrons. The fourth-order valence-corrected chi connectivity index (χ4v) is 4.83. The Bertz CT molecular complexity index is 1290. The Kier molecular flexibility index (Phi) is 6.10. The van der Waals surface area contributed by atoms with E-state index in [-0.39, 0.29) is 21.2 Å². The van der Waals surface area contributed by atoms with Crippen LogP contribution in [0.2, 0.25) is 0 Å². The second kappa shape index (κ2) is 8.42. The summed E-state index contributed by atoms with van der Waals surface area (Å²) in [6, 6.07) is 16.2. The van der Waals surface area contributed by atoms with Crippen molar-refractivity contribution in [2.24, 2.45) is 0 Å². The topological polar surface area (TPSA) is 135 Å². The van der Waals surface area contributed by atoms with Crippen molar-refractivity contribution in [3.63, 3.8) is 0 Å². The maximum atomic E-state index is 12.5. The maximum absolute atomic E-state index is 12.5. The smallest absolute Gasteiger partial charge is 0.270 e. The fraction of sp³-hybridized carbons (Fsp3) is 0. The summed E-state index contributed by atoms with van der Waals surface area (Å²) in [7, 11) is -7.97. The van der Waals surface area contributed by atoms with Gasteiger partial charge in [-0.2, -0.15) is 0 Å². The van der Waals surface area contributed by atoms with Gasteiger partial charge in [-0.05, 0) is 54.6 Å². The number of nitro groups is 1. The molecule has 0 aliphatic rings. The van der Waals surface area contributed by atoms with Gasteiger partial charge in [0.15, 0.2) is 0 Å². The number of hydrogen-bond donors (Lipinski definition) is 2. The van der Waals surface area contributed by atoms with Crippen molar-refractivity contribution >= 4 is 53.0 Å². The molecule has 3 aromatic rings. The van der Waals surface area contributed by atoms with Crippen LogP contribution in [-0.4, -0.2) is 21.8 Å². The van der Waals surface area contributed by atoms with Gasteiger partial charge in [0, 0.05) is 28.0 Å². The summed E-state index contributed by atoms with van der Waals surface area (Å²) in [6.07, 6.45) is 0. The van der Waals surface area contributed by atoms with Crippen molar-refractivity contribution in [3.8, 4) is 0 Å². The monoisotopic (exact) mass is 511 g/mol. The van der Waals surface area contributed by atoms with E-state index in [2.05, 4.69) is 25.4 Å². The van der Waals surface area contributed by atoms with Crippen LogP contribution in [-0.2, 0) is 20.0 Å². The van der Waals surface area contributed by atoms with Crippen molar-refractivity contribution < 1.29 is 21.8 Å². The third kappa shape index (κ3) is 5.14. The van der Waals surface area contributed by atoms with Crippen LogP contribution in [0, 0.1) is 10.1 Å². The molecule has 0 fully saturated rings. The standard InChI is InChI=1S/C18H14BrN3O6S2/c19-13-4-6-14(7-5-13)20-29(25,26)17-10-8-15(9-11-17)21-30(27,28)18-3-1-2-16(12-18)22(23)24/h1-12,20-21H. The third-order valence-electron chi connectivity index (χ3n) is 3.85. The summed E-state index contributed by atoms with van der Waals surface area (Å²) in [5, 5.41) is 10.8. The summed E-state index contributed by atoms with van der Waals surface area (Å²) in [5.74, 6) is 0. The zero-order chi connectivity index (χ0) is 21.9. The second-order valence-electron chi connectivity index (χ2n) is 6.00. The second-order valence-corrected chi connectivity index (χ2v) is 10.3. The Balaban J connectivity index is 1.79. The maximum Gasteiger partial charge on any atom is 0.270 e. The Morgan fingerprint density at radius 3 is 1.77 bits per heavy atom. The minimum atomic E-state index is -4.09. The van der Waals surface area contributed by atoms with Crippen molar-refractivity contribution in [1.29, 1.82) is 0 Å². The molecule has 2 N–H and O–H groups in total. The van der Waals surface area contributed by atoms with Gasteiger partial charge in [0.05, 0.1) is 14.7 Å². The number of nitro benzene ring substituents is 1. The first-order valence-electron chi connectivity index (χ1n) is 8.23. The highest BCUT2D eigenvalue weighted by Crippen LogP contribution is 2.23. The number of hydrogen-bond acceptors (Lipinski definition) is 6. The van der Waals surface area contributed by atoms with E-state index >= 15 is 0 Å². The molecule has 3 rings (SSSR count). The van der Waals surface area contributed by atoms with E-state index in [4.69, 9.17) is 0 Å². The zero-order valence-corrected chi connectivity index (χ0v) is 18.2. The molecule has 12 heteroatoms. The molecule has 0 aliphatic heterocycles. The highest BCUT2D eigenvalue weighted by Gasteiger charge is 2.19. The zero-order valence-electron chi connectivity index (χ0n) is 15.0. The number of nitrogens with zero attached hydrogens (tertiary/aromatic N) is 1. The molecule has 30 heavy (non-hydrogen) atoms. The van der Waals surface area contributed by atoms with Gasteiger partial charge >= 0.3 is 0 Å². The average molecular weight is 512 g/mol. The molecule has 0 spiro atoms. The number of rotatable bonds is 7. The average Bonchev–Trinajstić information content (AvgIpc) is 2.70. The normalized spacial score (nSPS) is 11.6. The lowest BCUT2D eigenvalue weighted by molar-refractivity contribution is -0.385. The predicted molar refractivity (Wildman–Crippen MR) is 115 cm³/mol. The SMILES string of the molecule is O=[N+]([O-])c1cccc(S(=O)(=O)Nc2ccc(S(=O)(=O)Nc3ccc(Br)cc3)cc2)c1. The summed E-state index contributed by atoms with van der Waals surface area (Å²) in [5.41, 5.74) is 0.107. The van der Waals surface area contributed by atoms with Crippen LogP contribution >= 0.6 is 15.9 Å². The first kappa shape index (κ1) is 21.7. The van der Waals surface area contributed by atoms with E-state index in [0.717, 1.165) is 10.5 Å². The Labute approximate surface area is 181 Å². The molecule has 0 bridgehead atoms. The molecule has 0 heterocycles. The molecular weight excluding hydrogens is 498 g/mol. The van der Waals surface area contributed by atoms with Crippen LogP contribution in [0.5, 0.6) is 0 Å². The van der Waals surface area contributed by atoms with Gasteiger partial charge in [0.1, 0.15) is 0 Å². The molecule has 0 saturated heterocycles. The van der Waals surface area contributed by atoms with Gasteiger partial charge in [-0.25, -0.2) is 16.8 Å². The van der Waals surface area contributed by atoms with Crippen molar-refractivity contribution in [1.82, 2.24) is 0 Å². The lowest BCUT2D eigenvalue weighted by Crippen LogP contribution is -2.14. The number of anilines is 2. The van der Waals surface area contributed by atoms with Crippen molar-refractivity contribution in [3.05, 3.63) is 87.4 Å². The molecule has 0 unspecified atom stereocenters. The van der Waals surface area contributed by atoms with Gasteiger partial charge in [-0.3, -0.25) is 19.6 Å². The first-order chi connectivity index (χ1) is 14.1. The number of sulfonamides is 2. The van der Waals surface area contributed by atoms with E-state index in [9.17, 15) is 26.9 Å². The van der Waals surface area contributed by atoms with Gasteiger partial charge in [-0.15, -0.1) is 0 Å². The van der Waals surface area contributed by atoms with Crippen LogP contribution in [0.3, 0.4) is 0 Å². The summed E-state index contributed by atoms with van der Waals surface area (Å²) >= 11 is 3.26. The lowest BCUT2D eigenvalue weighted by Gasteiger charge is -2.10. The van der Waals surface area contributed by atoms with Crippen LogP contribution in [0.4, 0.5) is 17.1 Å². The Morgan fingerprint density at radius 1 is 0.733 bits per heavy atom. The third-order valence-corrected chi connectivity index (χ3v) is 7.16. The molecular formula is C18H14BrN3O6S2. The Morgan fingerprint density at radius 2 is 1.23 bits per heavy atom. The van der Waals surface area contributed by atoms with E-state index in [1.165, 1.54) is 42.5 Å². The molecule has 9 nitrogen and oxygen atoms in total. The van der Waals surface area contributed by atoms with Gasteiger partial charge in [0.25, 0.3) is 25.7 Å². The number of benzene rings is 3. The van der Waals surface area contributed by atoms with Crippen LogP contribution in [0.15, 0.2) is 87.1 Å². The van der Waals surface area contributed by atoms with Gasteiger partial charge < -0.3 is 0 Å². The van der Waals surface area contributed by atoms with Gasteiger partial charge in [-0.1, -0.05) is 22.0 Å². The van der Waals surface area contributed by atoms with Crippen molar-refractivity contribution in [2.45, 2.75) is 9.79 Å². The van der Waals surface area contributed by atoms with Crippen LogP contribution < -0.4 is 9.44 Å². The summed E-state index contributed by atoms with van der Waals surface area (Å²) in [6.45, 7) is 0. The Hall–Kier alpha value is -2.96. The largest absolute Gasteiger partial charge is 0.280 e. The molecule has 0 saturated carbocycles. The van der Waals surface area contributed by atoms with Crippen LogP contribution in [0.25, 0.3) is 0 Å². The molecule has 3 aromatic carbocycles. The minimum absolute atomic E-state index is 0.0660.